The summed E-state index contributed by atoms with van der Waals surface area (Å²) in [7, 11) is 1.64. The van der Waals surface area contributed by atoms with Crippen molar-refractivity contribution in [3.63, 3.8) is 0 Å². The van der Waals surface area contributed by atoms with Crippen LogP contribution in [0.3, 0.4) is 0 Å². The van der Waals surface area contributed by atoms with Crippen molar-refractivity contribution in [1.29, 1.82) is 0 Å². The Labute approximate surface area is 70.9 Å². The molecule has 1 rings (SSSR count). The Morgan fingerprint density at radius 1 is 1.50 bits per heavy atom. The fourth-order valence-corrected chi connectivity index (χ4v) is 0.812. The van der Waals surface area contributed by atoms with Crippen LogP contribution < -0.4 is 5.73 Å². The van der Waals surface area contributed by atoms with Crippen LogP contribution in [0.15, 0.2) is 4.52 Å². The Morgan fingerprint density at radius 3 is 3.00 bits per heavy atom. The fourth-order valence-electron chi connectivity index (χ4n) is 0.812. The molecule has 0 aliphatic rings. The van der Waals surface area contributed by atoms with Gasteiger partial charge in [-0.2, -0.15) is 4.98 Å². The Morgan fingerprint density at radius 2 is 2.33 bits per heavy atom. The molecule has 0 aliphatic carbocycles. The predicted molar refractivity (Wildman–Crippen MR) is 42.6 cm³/mol. The van der Waals surface area contributed by atoms with Crippen molar-refractivity contribution in [3.05, 3.63) is 11.7 Å². The second kappa shape index (κ2) is 4.84. The first-order valence-corrected chi connectivity index (χ1v) is 3.87. The highest BCUT2D eigenvalue weighted by molar-refractivity contribution is 4.86. The molecule has 5 heteroatoms. The van der Waals surface area contributed by atoms with Gasteiger partial charge in [0.2, 0.25) is 5.89 Å². The van der Waals surface area contributed by atoms with Crippen LogP contribution in [0.5, 0.6) is 0 Å². The molecule has 0 fully saturated rings. The van der Waals surface area contributed by atoms with Crippen molar-refractivity contribution in [1.82, 2.24) is 10.1 Å². The molecule has 2 N–H and O–H groups in total. The smallest absolute Gasteiger partial charge is 0.228 e. The summed E-state index contributed by atoms with van der Waals surface area (Å²) in [4.78, 5) is 4.10. The number of rotatable bonds is 5. The van der Waals surface area contributed by atoms with Crippen molar-refractivity contribution in [2.75, 3.05) is 20.3 Å². The van der Waals surface area contributed by atoms with Crippen LogP contribution in [0.4, 0.5) is 0 Å². The molecular weight excluding hydrogens is 158 g/mol. The molecule has 0 saturated heterocycles. The van der Waals surface area contributed by atoms with E-state index in [-0.39, 0.29) is 0 Å². The van der Waals surface area contributed by atoms with Crippen LogP contribution in [0.25, 0.3) is 0 Å². The van der Waals surface area contributed by atoms with E-state index in [0.717, 1.165) is 0 Å². The summed E-state index contributed by atoms with van der Waals surface area (Å²) in [6, 6.07) is 0. The fraction of sp³-hybridized carbons (Fsp3) is 0.714. The van der Waals surface area contributed by atoms with E-state index in [1.807, 2.05) is 0 Å². The number of hydrogen-bond donors (Lipinski definition) is 1. The maximum absolute atomic E-state index is 5.32. The van der Waals surface area contributed by atoms with E-state index in [1.165, 1.54) is 0 Å². The minimum Gasteiger partial charge on any atom is -0.384 e. The van der Waals surface area contributed by atoms with Crippen LogP contribution >= 0.6 is 0 Å². The summed E-state index contributed by atoms with van der Waals surface area (Å²) in [6.07, 6.45) is 1.32. The van der Waals surface area contributed by atoms with Crippen LogP contribution in [-0.4, -0.2) is 30.4 Å². The maximum Gasteiger partial charge on any atom is 0.228 e. The van der Waals surface area contributed by atoms with Gasteiger partial charge in [-0.3, -0.25) is 0 Å². The molecule has 0 saturated carbocycles. The molecule has 12 heavy (non-hydrogen) atoms. The van der Waals surface area contributed by atoms with E-state index in [2.05, 4.69) is 10.1 Å². The van der Waals surface area contributed by atoms with Crippen molar-refractivity contribution < 1.29 is 9.26 Å². The highest BCUT2D eigenvalue weighted by Gasteiger charge is 2.03. The number of methoxy groups -OCH3 is 1. The lowest BCUT2D eigenvalue weighted by atomic mass is 10.4. The number of nitrogens with zero attached hydrogens (tertiary/aromatic N) is 2. The highest BCUT2D eigenvalue weighted by atomic mass is 16.5. The van der Waals surface area contributed by atoms with Gasteiger partial charge in [-0.1, -0.05) is 5.16 Å². The molecule has 68 valence electrons. The van der Waals surface area contributed by atoms with Crippen molar-refractivity contribution in [3.8, 4) is 0 Å². The molecule has 0 atom stereocenters. The molecule has 0 bridgehead atoms. The van der Waals surface area contributed by atoms with Gasteiger partial charge in [0.05, 0.1) is 13.0 Å². The largest absolute Gasteiger partial charge is 0.384 e. The highest BCUT2D eigenvalue weighted by Crippen LogP contribution is 1.98. The summed E-state index contributed by atoms with van der Waals surface area (Å²) in [5.74, 6) is 1.28. The van der Waals surface area contributed by atoms with Crippen LogP contribution in [0.1, 0.15) is 11.7 Å². The van der Waals surface area contributed by atoms with Gasteiger partial charge in [-0.05, 0) is 6.54 Å². The third kappa shape index (κ3) is 2.60. The first kappa shape index (κ1) is 9.15. The monoisotopic (exact) mass is 171 g/mol. The Bertz CT molecular complexity index is 224. The predicted octanol–water partition coefficient (Wildman–Crippen LogP) is -0.240. The van der Waals surface area contributed by atoms with Gasteiger partial charge in [-0.25, -0.2) is 0 Å². The average molecular weight is 171 g/mol. The summed E-state index contributed by atoms with van der Waals surface area (Å²) in [5, 5.41) is 3.74. The van der Waals surface area contributed by atoms with Crippen molar-refractivity contribution in [2.45, 2.75) is 12.8 Å². The molecule has 0 amide bonds. The standard InChI is InChI=1S/C7H13N3O2/c1-11-5-3-7-9-6(2-4-8)10-12-7/h2-5,8H2,1H3. The average Bonchev–Trinajstić information content (AvgIpc) is 2.50. The van der Waals surface area contributed by atoms with E-state index < -0.39 is 0 Å². The number of hydrogen-bond acceptors (Lipinski definition) is 5. The Balaban J connectivity index is 2.41. The van der Waals surface area contributed by atoms with Crippen molar-refractivity contribution in [2.24, 2.45) is 5.73 Å². The normalized spacial score (nSPS) is 10.5. The molecule has 0 radical (unpaired) electrons. The lowest BCUT2D eigenvalue weighted by Gasteiger charge is -1.90. The molecule has 1 heterocycles. The first-order chi connectivity index (χ1) is 5.86. The molecule has 0 spiro atoms. The van der Waals surface area contributed by atoms with E-state index in [0.29, 0.717) is 37.7 Å². The topological polar surface area (TPSA) is 74.2 Å². The van der Waals surface area contributed by atoms with E-state index in [1.54, 1.807) is 7.11 Å². The van der Waals surface area contributed by atoms with Crippen molar-refractivity contribution >= 4 is 0 Å². The van der Waals surface area contributed by atoms with Gasteiger partial charge < -0.3 is 15.0 Å². The quantitative estimate of drug-likeness (QED) is 0.661. The molecule has 0 aliphatic heterocycles. The van der Waals surface area contributed by atoms with E-state index in [9.17, 15) is 0 Å². The third-order valence-corrected chi connectivity index (χ3v) is 1.40. The summed E-state index contributed by atoms with van der Waals surface area (Å²) >= 11 is 0. The van der Waals surface area contributed by atoms with Gasteiger partial charge in [0, 0.05) is 13.5 Å². The van der Waals surface area contributed by atoms with Gasteiger partial charge in [-0.15, -0.1) is 0 Å². The minimum atomic E-state index is 0.545. The lowest BCUT2D eigenvalue weighted by molar-refractivity contribution is 0.192. The van der Waals surface area contributed by atoms with Gasteiger partial charge in [0.1, 0.15) is 0 Å². The molecule has 1 aromatic rings. The zero-order chi connectivity index (χ0) is 8.81. The van der Waals surface area contributed by atoms with Crippen LogP contribution in [0.2, 0.25) is 0 Å². The van der Waals surface area contributed by atoms with E-state index in [4.69, 9.17) is 15.0 Å². The summed E-state index contributed by atoms with van der Waals surface area (Å²) in [6.45, 7) is 1.15. The lowest BCUT2D eigenvalue weighted by Crippen LogP contribution is -2.04. The van der Waals surface area contributed by atoms with Crippen LogP contribution in [0, 0.1) is 0 Å². The molecule has 0 aromatic carbocycles. The van der Waals surface area contributed by atoms with E-state index >= 15 is 0 Å². The number of aromatic nitrogens is 2. The Kier molecular flexibility index (Phi) is 3.69. The minimum absolute atomic E-state index is 0.545. The second-order valence-corrected chi connectivity index (χ2v) is 2.39. The first-order valence-electron chi connectivity index (χ1n) is 3.87. The second-order valence-electron chi connectivity index (χ2n) is 2.39. The zero-order valence-corrected chi connectivity index (χ0v) is 7.12. The van der Waals surface area contributed by atoms with Gasteiger partial charge in [0.25, 0.3) is 0 Å². The van der Waals surface area contributed by atoms with Gasteiger partial charge in [0.15, 0.2) is 5.82 Å². The molecule has 5 nitrogen and oxygen atoms in total. The summed E-state index contributed by atoms with van der Waals surface area (Å²) < 4.78 is 9.79. The van der Waals surface area contributed by atoms with Crippen LogP contribution in [-0.2, 0) is 17.6 Å². The zero-order valence-electron chi connectivity index (χ0n) is 7.12. The molecule has 0 unspecified atom stereocenters. The Hall–Kier alpha value is -0.940. The summed E-state index contributed by atoms with van der Waals surface area (Å²) in [5.41, 5.74) is 5.32. The van der Waals surface area contributed by atoms with Gasteiger partial charge >= 0.3 is 0 Å². The molecule has 1 aromatic heterocycles. The number of nitrogens with two attached hydrogens (primary N) is 1. The maximum atomic E-state index is 5.32. The third-order valence-electron chi connectivity index (χ3n) is 1.40. The molecular formula is C7H13N3O2. The SMILES string of the molecule is COCCc1nc(CCN)no1. The number of ether oxygens (including phenoxy) is 1.